The highest BCUT2D eigenvalue weighted by Crippen LogP contribution is 2.21. The minimum Gasteiger partial charge on any atom is -0.507 e. The van der Waals surface area contributed by atoms with Crippen LogP contribution in [0, 0.1) is 0 Å². The van der Waals surface area contributed by atoms with Crippen molar-refractivity contribution in [3.63, 3.8) is 0 Å². The molecule has 0 unspecified atom stereocenters. The number of furan rings is 1. The molecule has 0 aliphatic heterocycles. The smallest absolute Gasteiger partial charge is 0.255 e. The summed E-state index contributed by atoms with van der Waals surface area (Å²) in [5.74, 6) is -0.372. The van der Waals surface area contributed by atoms with E-state index >= 15 is 0 Å². The van der Waals surface area contributed by atoms with Crippen LogP contribution in [0.4, 0.5) is 0 Å². The fraction of sp³-hybridized carbons (Fsp3) is 0.0833. The lowest BCUT2D eigenvalue weighted by Gasteiger charge is -2.06. The van der Waals surface area contributed by atoms with Crippen LogP contribution in [-0.2, 0) is 6.54 Å². The maximum atomic E-state index is 11.8. The number of phenols is 1. The molecular formula is C12H10BrNO3. The van der Waals surface area contributed by atoms with Gasteiger partial charge in [0.2, 0.25) is 0 Å². The Bertz CT molecular complexity index is 523. The van der Waals surface area contributed by atoms with Crippen LogP contribution in [0.15, 0.2) is 45.7 Å². The summed E-state index contributed by atoms with van der Waals surface area (Å²) in [6, 6.07) is 6.47. The van der Waals surface area contributed by atoms with Crippen molar-refractivity contribution in [2.45, 2.75) is 6.54 Å². The minimum atomic E-state index is -0.329. The van der Waals surface area contributed by atoms with Crippen LogP contribution in [0.5, 0.6) is 5.75 Å². The van der Waals surface area contributed by atoms with Crippen LogP contribution < -0.4 is 5.32 Å². The van der Waals surface area contributed by atoms with Crippen LogP contribution >= 0.6 is 15.9 Å². The zero-order valence-corrected chi connectivity index (χ0v) is 10.4. The second-order valence-corrected chi connectivity index (χ2v) is 4.39. The summed E-state index contributed by atoms with van der Waals surface area (Å²) in [7, 11) is 0. The third-order valence-electron chi connectivity index (χ3n) is 2.24. The number of carbonyl (C=O) groups excluding carboxylic acids is 1. The van der Waals surface area contributed by atoms with E-state index in [4.69, 9.17) is 4.42 Å². The quantitative estimate of drug-likeness (QED) is 0.915. The van der Waals surface area contributed by atoms with Gasteiger partial charge >= 0.3 is 0 Å². The second-order valence-electron chi connectivity index (χ2n) is 3.48. The molecule has 5 heteroatoms. The molecule has 1 aromatic heterocycles. The van der Waals surface area contributed by atoms with Crippen LogP contribution in [-0.4, -0.2) is 11.0 Å². The Kier molecular flexibility index (Phi) is 3.49. The maximum Gasteiger partial charge on any atom is 0.255 e. The Balaban J connectivity index is 2.07. The largest absolute Gasteiger partial charge is 0.507 e. The fourth-order valence-corrected chi connectivity index (χ4v) is 1.72. The van der Waals surface area contributed by atoms with Crippen LogP contribution in [0.3, 0.4) is 0 Å². The molecular weight excluding hydrogens is 286 g/mol. The SMILES string of the molecule is O=C(NCc1ccoc1)c1cc(Br)ccc1O. The second kappa shape index (κ2) is 5.05. The first kappa shape index (κ1) is 11.7. The molecule has 0 bridgehead atoms. The average Bonchev–Trinajstić information content (AvgIpc) is 2.82. The van der Waals surface area contributed by atoms with E-state index in [0.29, 0.717) is 6.54 Å². The van der Waals surface area contributed by atoms with Gasteiger partial charge in [0, 0.05) is 16.6 Å². The Hall–Kier alpha value is -1.75. The van der Waals surface area contributed by atoms with E-state index in [0.717, 1.165) is 10.0 Å². The Labute approximate surface area is 106 Å². The van der Waals surface area contributed by atoms with Gasteiger partial charge in [0.25, 0.3) is 5.91 Å². The summed E-state index contributed by atoms with van der Waals surface area (Å²) >= 11 is 3.25. The number of nitrogens with one attached hydrogen (secondary N) is 1. The summed E-state index contributed by atoms with van der Waals surface area (Å²) in [6.07, 6.45) is 3.10. The number of hydrogen-bond donors (Lipinski definition) is 2. The third kappa shape index (κ3) is 2.88. The highest BCUT2D eigenvalue weighted by molar-refractivity contribution is 9.10. The molecule has 1 amide bonds. The van der Waals surface area contributed by atoms with Crippen molar-refractivity contribution in [1.82, 2.24) is 5.32 Å². The molecule has 1 aromatic carbocycles. The summed E-state index contributed by atoms with van der Waals surface area (Å²) in [5.41, 5.74) is 1.11. The summed E-state index contributed by atoms with van der Waals surface area (Å²) in [6.45, 7) is 0.362. The highest BCUT2D eigenvalue weighted by Gasteiger charge is 2.11. The number of phenolic OH excluding ortho intramolecular Hbond substituents is 1. The summed E-state index contributed by atoms with van der Waals surface area (Å²) < 4.78 is 5.63. The molecule has 17 heavy (non-hydrogen) atoms. The molecule has 2 rings (SSSR count). The van der Waals surface area contributed by atoms with Crippen LogP contribution in [0.1, 0.15) is 15.9 Å². The molecule has 0 fully saturated rings. The van der Waals surface area contributed by atoms with Crippen molar-refractivity contribution in [1.29, 1.82) is 0 Å². The van der Waals surface area contributed by atoms with Gasteiger partial charge in [-0.2, -0.15) is 0 Å². The molecule has 0 aliphatic rings. The van der Waals surface area contributed by atoms with Gasteiger partial charge in [-0.05, 0) is 24.3 Å². The first-order valence-electron chi connectivity index (χ1n) is 4.94. The number of carbonyl (C=O) groups is 1. The predicted molar refractivity (Wildman–Crippen MR) is 65.7 cm³/mol. The van der Waals surface area contributed by atoms with Gasteiger partial charge in [0.15, 0.2) is 0 Å². The monoisotopic (exact) mass is 295 g/mol. The molecule has 0 saturated heterocycles. The number of amides is 1. The fourth-order valence-electron chi connectivity index (χ4n) is 1.36. The first-order chi connectivity index (χ1) is 8.16. The van der Waals surface area contributed by atoms with Crippen molar-refractivity contribution < 1.29 is 14.3 Å². The lowest BCUT2D eigenvalue weighted by Crippen LogP contribution is -2.22. The van der Waals surface area contributed by atoms with E-state index in [-0.39, 0.29) is 17.2 Å². The van der Waals surface area contributed by atoms with Crippen molar-refractivity contribution in [2.75, 3.05) is 0 Å². The topological polar surface area (TPSA) is 62.5 Å². The predicted octanol–water partition coefficient (Wildman–Crippen LogP) is 2.68. The normalized spacial score (nSPS) is 10.2. The van der Waals surface area contributed by atoms with Crippen molar-refractivity contribution in [3.8, 4) is 5.75 Å². The van der Waals surface area contributed by atoms with Crippen molar-refractivity contribution in [2.24, 2.45) is 0 Å². The van der Waals surface area contributed by atoms with Gasteiger partial charge in [0.1, 0.15) is 5.75 Å². The van der Waals surface area contributed by atoms with E-state index in [1.807, 2.05) is 0 Å². The summed E-state index contributed by atoms with van der Waals surface area (Å²) in [5, 5.41) is 12.3. The molecule has 88 valence electrons. The molecule has 2 N–H and O–H groups in total. The highest BCUT2D eigenvalue weighted by atomic mass is 79.9. The molecule has 0 atom stereocenters. The van der Waals surface area contributed by atoms with E-state index in [9.17, 15) is 9.90 Å². The number of aromatic hydroxyl groups is 1. The first-order valence-corrected chi connectivity index (χ1v) is 5.74. The number of benzene rings is 1. The maximum absolute atomic E-state index is 11.8. The van der Waals surface area contributed by atoms with E-state index in [1.165, 1.54) is 12.3 Å². The average molecular weight is 296 g/mol. The summed E-state index contributed by atoms with van der Waals surface area (Å²) in [4.78, 5) is 11.8. The van der Waals surface area contributed by atoms with Crippen LogP contribution in [0.25, 0.3) is 0 Å². The molecule has 0 radical (unpaired) electrons. The van der Waals surface area contributed by atoms with E-state index in [1.54, 1.807) is 24.5 Å². The van der Waals surface area contributed by atoms with Gasteiger partial charge in [0.05, 0.1) is 18.1 Å². The number of rotatable bonds is 3. The Morgan fingerprint density at radius 1 is 1.41 bits per heavy atom. The van der Waals surface area contributed by atoms with Gasteiger partial charge in [-0.3, -0.25) is 4.79 Å². The number of halogens is 1. The molecule has 0 aliphatic carbocycles. The standard InChI is InChI=1S/C12H10BrNO3/c13-9-1-2-11(15)10(5-9)12(16)14-6-8-3-4-17-7-8/h1-5,7,15H,6H2,(H,14,16). The Morgan fingerprint density at radius 2 is 2.24 bits per heavy atom. The molecule has 2 aromatic rings. The lowest BCUT2D eigenvalue weighted by atomic mass is 10.2. The van der Waals surface area contributed by atoms with Gasteiger partial charge in [-0.15, -0.1) is 0 Å². The molecule has 0 saturated carbocycles. The zero-order valence-electron chi connectivity index (χ0n) is 8.81. The van der Waals surface area contributed by atoms with E-state index < -0.39 is 0 Å². The number of hydrogen-bond acceptors (Lipinski definition) is 3. The van der Waals surface area contributed by atoms with Crippen LogP contribution in [0.2, 0.25) is 0 Å². The minimum absolute atomic E-state index is 0.0436. The zero-order chi connectivity index (χ0) is 12.3. The lowest BCUT2D eigenvalue weighted by molar-refractivity contribution is 0.0948. The van der Waals surface area contributed by atoms with Gasteiger partial charge in [-0.1, -0.05) is 15.9 Å². The van der Waals surface area contributed by atoms with Gasteiger partial charge in [-0.25, -0.2) is 0 Å². The van der Waals surface area contributed by atoms with Crippen molar-refractivity contribution in [3.05, 3.63) is 52.4 Å². The van der Waals surface area contributed by atoms with Gasteiger partial charge < -0.3 is 14.8 Å². The van der Waals surface area contributed by atoms with E-state index in [2.05, 4.69) is 21.2 Å². The molecule has 0 spiro atoms. The van der Waals surface area contributed by atoms with Crippen molar-refractivity contribution >= 4 is 21.8 Å². The third-order valence-corrected chi connectivity index (χ3v) is 2.73. The molecule has 1 heterocycles. The Morgan fingerprint density at radius 3 is 2.94 bits per heavy atom. The molecule has 4 nitrogen and oxygen atoms in total.